The number of aliphatic carboxylic acids is 1. The fourth-order valence-corrected chi connectivity index (χ4v) is 4.34. The van der Waals surface area contributed by atoms with Gasteiger partial charge in [-0.3, -0.25) is 14.6 Å². The molecule has 9 N–H and O–H groups in total. The highest BCUT2D eigenvalue weighted by Gasteiger charge is 2.45. The van der Waals surface area contributed by atoms with Crippen molar-refractivity contribution in [1.29, 1.82) is 0 Å². The number of quaternary nitrogens is 1. The number of hydrogen-bond donors (Lipinski definition) is 5. The Bertz CT molecular complexity index is 996. The average Bonchev–Trinajstić information content (AvgIpc) is 3.28. The predicted octanol–water partition coefficient (Wildman–Crippen LogP) is 0.0191. The number of carboxylic acid groups (broad SMARTS) is 1. The second kappa shape index (κ2) is 7.84. The van der Waals surface area contributed by atoms with E-state index in [1.165, 1.54) is 11.3 Å². The van der Waals surface area contributed by atoms with Crippen LogP contribution in [0.15, 0.2) is 16.9 Å². The van der Waals surface area contributed by atoms with Crippen LogP contribution in [0.5, 0.6) is 0 Å². The second-order valence-electron chi connectivity index (χ2n) is 7.36. The number of carbonyl (C=O) groups excluding carboxylic acids is 2. The summed E-state index contributed by atoms with van der Waals surface area (Å²) >= 11 is 1.36. The highest BCUT2D eigenvalue weighted by atomic mass is 32.1. The molecule has 0 saturated heterocycles. The first-order valence-corrected chi connectivity index (χ1v) is 9.93. The lowest BCUT2D eigenvalue weighted by molar-refractivity contribution is -0.309. The third-order valence-corrected chi connectivity index (χ3v) is 6.41. The van der Waals surface area contributed by atoms with E-state index in [0.717, 1.165) is 17.7 Å². The first-order chi connectivity index (χ1) is 13.4. The molecule has 2 aromatic heterocycles. The molecule has 0 aromatic carbocycles. The Hall–Kier alpha value is -2.92. The predicted molar refractivity (Wildman–Crippen MR) is 108 cm³/mol. The van der Waals surface area contributed by atoms with Gasteiger partial charge < -0.3 is 32.4 Å². The number of nitrogens with zero attached hydrogens (tertiary/aromatic N) is 1. The van der Waals surface area contributed by atoms with Crippen LogP contribution in [0.1, 0.15) is 39.4 Å². The maximum absolute atomic E-state index is 12.3. The van der Waals surface area contributed by atoms with Gasteiger partial charge in [-0.1, -0.05) is 0 Å². The quantitative estimate of drug-likeness (QED) is 0.435. The van der Waals surface area contributed by atoms with Gasteiger partial charge in [0.1, 0.15) is 5.82 Å². The fourth-order valence-electron chi connectivity index (χ4n) is 3.42. The van der Waals surface area contributed by atoms with E-state index >= 15 is 0 Å². The van der Waals surface area contributed by atoms with Crippen molar-refractivity contribution in [2.24, 2.45) is 5.92 Å². The summed E-state index contributed by atoms with van der Waals surface area (Å²) in [5.74, 6) is -0.679. The highest BCUT2D eigenvalue weighted by molar-refractivity contribution is 7.14. The molecule has 156 valence electrons. The monoisotopic (exact) mass is 420 g/mol. The molecule has 2 aromatic rings. The van der Waals surface area contributed by atoms with Crippen LogP contribution in [0, 0.1) is 5.92 Å². The minimum atomic E-state index is -1.23. The number of amides is 1. The zero-order valence-electron chi connectivity index (χ0n) is 16.0. The molecule has 2 aliphatic rings. The number of nitrogens with one attached hydrogen (secondary N) is 3. The van der Waals surface area contributed by atoms with E-state index in [1.807, 2.05) is 6.07 Å². The topological polar surface area (TPSA) is 190 Å². The Morgan fingerprint density at radius 2 is 2.14 bits per heavy atom. The molecule has 0 radical (unpaired) electrons. The summed E-state index contributed by atoms with van der Waals surface area (Å²) < 4.78 is 0. The molecule has 10 nitrogen and oxygen atoms in total. The van der Waals surface area contributed by atoms with Crippen LogP contribution in [-0.2, 0) is 17.6 Å². The standard InChI is InChI=1S/C18H21N5O4S.H3N/c19-17-21-13-11(14(24)22-17)7-9(8-20-13)1-2-10-3-4-12(28-10)15(25)23-18(5-6-18)16(26)27;/h3-4,9H,1-2,5-8H2,(H,23,25)(H,26,27)(H4,19,20,21,22,24);1H3. The van der Waals surface area contributed by atoms with E-state index < -0.39 is 11.5 Å². The zero-order valence-corrected chi connectivity index (χ0v) is 16.9. The molecule has 1 fully saturated rings. The number of H-pyrrole nitrogens is 1. The number of aryl methyl sites for hydroxylation is 1. The SMILES string of the molecule is Nc1nc2c(c(=O)[nH]1)CC(CCc1ccc(C(=O)NC3(C(=O)[O-])CC3)s1)CN2.[NH4+]. The van der Waals surface area contributed by atoms with Crippen molar-refractivity contribution in [2.45, 2.75) is 37.6 Å². The van der Waals surface area contributed by atoms with Crippen LogP contribution in [0.4, 0.5) is 11.8 Å². The molecule has 1 amide bonds. The Balaban J connectivity index is 0.00000240. The van der Waals surface area contributed by atoms with E-state index in [9.17, 15) is 19.5 Å². The van der Waals surface area contributed by atoms with Gasteiger partial charge in [-0.2, -0.15) is 4.98 Å². The van der Waals surface area contributed by atoms with Crippen molar-refractivity contribution in [3.8, 4) is 0 Å². The largest absolute Gasteiger partial charge is 0.548 e. The van der Waals surface area contributed by atoms with E-state index in [4.69, 9.17) is 5.73 Å². The van der Waals surface area contributed by atoms with Crippen molar-refractivity contribution in [3.63, 3.8) is 0 Å². The summed E-state index contributed by atoms with van der Waals surface area (Å²) in [6.07, 6.45) is 3.06. The van der Waals surface area contributed by atoms with Crippen molar-refractivity contribution in [2.75, 3.05) is 17.6 Å². The number of nitrogen functional groups attached to an aromatic ring is 1. The molecule has 11 heteroatoms. The number of carboxylic acids is 1. The first-order valence-electron chi connectivity index (χ1n) is 9.11. The van der Waals surface area contributed by atoms with E-state index in [1.54, 1.807) is 6.07 Å². The molecule has 0 bridgehead atoms. The fraction of sp³-hybridized carbons (Fsp3) is 0.444. The van der Waals surface area contributed by atoms with E-state index in [2.05, 4.69) is 20.6 Å². The van der Waals surface area contributed by atoms with Gasteiger partial charge in [-0.05, 0) is 50.2 Å². The Morgan fingerprint density at radius 1 is 1.38 bits per heavy atom. The van der Waals surface area contributed by atoms with Crippen LogP contribution in [-0.4, -0.2) is 33.9 Å². The Kier molecular flexibility index (Phi) is 5.62. The van der Waals surface area contributed by atoms with Crippen LogP contribution in [0.2, 0.25) is 0 Å². The normalized spacial score (nSPS) is 18.7. The minimum Gasteiger partial charge on any atom is -0.548 e. The molecule has 1 atom stereocenters. The van der Waals surface area contributed by atoms with Crippen LogP contribution < -0.4 is 33.2 Å². The summed E-state index contributed by atoms with van der Waals surface area (Å²) in [5, 5.41) is 16.8. The number of aromatic amines is 1. The number of aromatic nitrogens is 2. The van der Waals surface area contributed by atoms with E-state index in [-0.39, 0.29) is 29.5 Å². The maximum atomic E-state index is 12.3. The molecule has 4 rings (SSSR count). The van der Waals surface area contributed by atoms with Crippen LogP contribution >= 0.6 is 11.3 Å². The summed E-state index contributed by atoms with van der Waals surface area (Å²) in [5.41, 5.74) is 4.78. The molecule has 1 unspecified atom stereocenters. The van der Waals surface area contributed by atoms with Gasteiger partial charge in [0.05, 0.1) is 21.9 Å². The summed E-state index contributed by atoms with van der Waals surface area (Å²) in [7, 11) is 0. The van der Waals surface area contributed by atoms with Crippen molar-refractivity contribution in [1.82, 2.24) is 21.4 Å². The third-order valence-electron chi connectivity index (χ3n) is 5.26. The van der Waals surface area contributed by atoms with Gasteiger partial charge in [0.15, 0.2) is 0 Å². The lowest BCUT2D eigenvalue weighted by Crippen LogP contribution is -2.50. The summed E-state index contributed by atoms with van der Waals surface area (Å²) in [6.45, 7) is 0.704. The Labute approximate surface area is 170 Å². The number of anilines is 2. The van der Waals surface area contributed by atoms with Gasteiger partial charge in [-0.15, -0.1) is 11.3 Å². The molecule has 1 saturated carbocycles. The zero-order chi connectivity index (χ0) is 19.9. The molecular weight excluding hydrogens is 396 g/mol. The average molecular weight is 420 g/mol. The van der Waals surface area contributed by atoms with Gasteiger partial charge in [-0.25, -0.2) is 0 Å². The number of carbonyl (C=O) groups is 2. The Morgan fingerprint density at radius 3 is 2.83 bits per heavy atom. The lowest BCUT2D eigenvalue weighted by Gasteiger charge is -2.24. The van der Waals surface area contributed by atoms with Crippen molar-refractivity contribution < 1.29 is 14.7 Å². The minimum absolute atomic E-state index is 0. The summed E-state index contributed by atoms with van der Waals surface area (Å²) in [6, 6.07) is 3.60. The first kappa shape index (κ1) is 20.8. The van der Waals surface area contributed by atoms with Gasteiger partial charge in [0.2, 0.25) is 5.95 Å². The van der Waals surface area contributed by atoms with Crippen LogP contribution in [0.3, 0.4) is 0 Å². The maximum Gasteiger partial charge on any atom is 0.262 e. The smallest absolute Gasteiger partial charge is 0.262 e. The second-order valence-corrected chi connectivity index (χ2v) is 8.53. The number of thiophene rings is 1. The molecular formula is C18H24N6O4S. The molecule has 3 heterocycles. The third kappa shape index (κ3) is 4.25. The van der Waals surface area contributed by atoms with Crippen molar-refractivity contribution in [3.05, 3.63) is 37.8 Å². The molecule has 1 aliphatic heterocycles. The molecule has 29 heavy (non-hydrogen) atoms. The highest BCUT2D eigenvalue weighted by Crippen LogP contribution is 2.35. The summed E-state index contributed by atoms with van der Waals surface area (Å²) in [4.78, 5) is 43.6. The van der Waals surface area contributed by atoms with Gasteiger partial charge in [0, 0.05) is 11.4 Å². The molecule has 0 spiro atoms. The number of nitrogens with two attached hydrogens (primary N) is 1. The van der Waals surface area contributed by atoms with Gasteiger partial charge >= 0.3 is 0 Å². The number of fused-ring (bicyclic) bond motifs is 1. The van der Waals surface area contributed by atoms with E-state index in [0.29, 0.717) is 42.1 Å². The number of hydrogen-bond acceptors (Lipinski definition) is 8. The van der Waals surface area contributed by atoms with Crippen molar-refractivity contribution >= 4 is 35.0 Å². The molecule has 1 aliphatic carbocycles. The van der Waals surface area contributed by atoms with Crippen LogP contribution in [0.25, 0.3) is 0 Å². The lowest BCUT2D eigenvalue weighted by atomic mass is 9.92. The number of rotatable bonds is 6. The van der Waals surface area contributed by atoms with Gasteiger partial charge in [0.25, 0.3) is 11.5 Å².